The number of benzene rings is 2. The van der Waals surface area contributed by atoms with E-state index >= 15 is 0 Å². The minimum atomic E-state index is -4.32. The Labute approximate surface area is 181 Å². The maximum Gasteiger partial charge on any atom is 0.416 e. The fraction of sp³-hybridized carbons (Fsp3) is 0.500. The van der Waals surface area contributed by atoms with Gasteiger partial charge in [-0.05, 0) is 75.6 Å². The minimum Gasteiger partial charge on any atom is -0.340 e. The van der Waals surface area contributed by atoms with Crippen LogP contribution in [-0.2, 0) is 6.18 Å². The summed E-state index contributed by atoms with van der Waals surface area (Å²) < 4.78 is 39.9. The third-order valence-electron chi connectivity index (χ3n) is 6.29. The van der Waals surface area contributed by atoms with Gasteiger partial charge >= 0.3 is 6.18 Å². The molecule has 1 saturated heterocycles. The SMILES string of the molecule is CN1CCC(CCCCCN2c3ccccc3Sc3ccc(C(F)(F)F)cc32)CC1. The molecule has 6 heteroatoms. The number of halogens is 3. The summed E-state index contributed by atoms with van der Waals surface area (Å²) in [5.41, 5.74) is 1.13. The van der Waals surface area contributed by atoms with Crippen LogP contribution in [0.4, 0.5) is 24.5 Å². The number of likely N-dealkylation sites (tertiary alicyclic amines) is 1. The summed E-state index contributed by atoms with van der Waals surface area (Å²) in [5, 5.41) is 0. The van der Waals surface area contributed by atoms with Crippen LogP contribution in [0.25, 0.3) is 0 Å². The third-order valence-corrected chi connectivity index (χ3v) is 7.42. The molecule has 2 nitrogen and oxygen atoms in total. The molecule has 2 aliphatic rings. The standard InChI is InChI=1S/C24H29F3N2S/c1-28-15-12-18(13-16-28)7-3-2-6-14-29-20-8-4-5-9-22(20)30-23-11-10-19(17-21(23)29)24(25,26)27/h4-5,8-11,17-18H,2-3,6-7,12-16H2,1H3. The van der Waals surface area contributed by atoms with E-state index in [0.717, 1.165) is 40.8 Å². The molecule has 0 radical (unpaired) electrons. The van der Waals surface area contributed by atoms with Crippen molar-refractivity contribution in [2.75, 3.05) is 31.6 Å². The predicted octanol–water partition coefficient (Wildman–Crippen LogP) is 7.21. The molecule has 0 spiro atoms. The van der Waals surface area contributed by atoms with Crippen LogP contribution in [0.3, 0.4) is 0 Å². The molecule has 0 bridgehead atoms. The molecule has 2 aromatic rings. The second-order valence-electron chi connectivity index (χ2n) is 8.50. The van der Waals surface area contributed by atoms with Crippen LogP contribution < -0.4 is 4.90 Å². The molecule has 0 unspecified atom stereocenters. The summed E-state index contributed by atoms with van der Waals surface area (Å²) >= 11 is 1.56. The summed E-state index contributed by atoms with van der Waals surface area (Å²) in [5.74, 6) is 0.836. The smallest absolute Gasteiger partial charge is 0.340 e. The molecule has 0 aliphatic carbocycles. The molecule has 1 fully saturated rings. The van der Waals surface area contributed by atoms with Crippen molar-refractivity contribution >= 4 is 23.1 Å². The van der Waals surface area contributed by atoms with Gasteiger partial charge in [0.25, 0.3) is 0 Å². The van der Waals surface area contributed by atoms with E-state index in [0.29, 0.717) is 5.69 Å². The fourth-order valence-electron chi connectivity index (χ4n) is 4.48. The average Bonchev–Trinajstić information content (AvgIpc) is 2.73. The zero-order valence-electron chi connectivity index (χ0n) is 17.4. The number of hydrogen-bond donors (Lipinski definition) is 0. The van der Waals surface area contributed by atoms with Crippen molar-refractivity contribution in [2.45, 2.75) is 54.5 Å². The number of hydrogen-bond acceptors (Lipinski definition) is 3. The van der Waals surface area contributed by atoms with Gasteiger partial charge in [0.15, 0.2) is 0 Å². The van der Waals surface area contributed by atoms with Gasteiger partial charge in [-0.2, -0.15) is 13.2 Å². The monoisotopic (exact) mass is 434 g/mol. The van der Waals surface area contributed by atoms with Crippen molar-refractivity contribution in [2.24, 2.45) is 5.92 Å². The van der Waals surface area contributed by atoms with Gasteiger partial charge in [0.05, 0.1) is 16.9 Å². The van der Waals surface area contributed by atoms with E-state index in [1.807, 2.05) is 24.3 Å². The summed E-state index contributed by atoms with van der Waals surface area (Å²) in [7, 11) is 2.19. The van der Waals surface area contributed by atoms with E-state index in [-0.39, 0.29) is 0 Å². The van der Waals surface area contributed by atoms with Crippen LogP contribution >= 0.6 is 11.8 Å². The molecular weight excluding hydrogens is 405 g/mol. The molecule has 0 aromatic heterocycles. The van der Waals surface area contributed by atoms with Crippen molar-refractivity contribution in [3.05, 3.63) is 48.0 Å². The van der Waals surface area contributed by atoms with E-state index in [1.165, 1.54) is 50.9 Å². The quantitative estimate of drug-likeness (QED) is 0.444. The molecule has 30 heavy (non-hydrogen) atoms. The molecular formula is C24H29F3N2S. The first-order valence-corrected chi connectivity index (χ1v) is 11.7. The van der Waals surface area contributed by atoms with Gasteiger partial charge in [0, 0.05) is 16.3 Å². The Hall–Kier alpha value is -1.66. The first kappa shape index (κ1) is 21.6. The van der Waals surface area contributed by atoms with E-state index in [4.69, 9.17) is 0 Å². The molecule has 0 atom stereocenters. The highest BCUT2D eigenvalue weighted by molar-refractivity contribution is 7.99. The Morgan fingerprint density at radius 3 is 2.43 bits per heavy atom. The number of fused-ring (bicyclic) bond motifs is 2. The second kappa shape index (κ2) is 9.23. The van der Waals surface area contributed by atoms with E-state index in [9.17, 15) is 13.2 Å². The van der Waals surface area contributed by atoms with Crippen LogP contribution in [-0.4, -0.2) is 31.6 Å². The van der Waals surface area contributed by atoms with Crippen LogP contribution in [0.5, 0.6) is 0 Å². The number of alkyl halides is 3. The van der Waals surface area contributed by atoms with Crippen LogP contribution in [0.2, 0.25) is 0 Å². The van der Waals surface area contributed by atoms with Gasteiger partial charge in [0.1, 0.15) is 0 Å². The summed E-state index contributed by atoms with van der Waals surface area (Å²) in [6.45, 7) is 3.15. The van der Waals surface area contributed by atoms with E-state index in [2.05, 4.69) is 16.8 Å². The Kier molecular flexibility index (Phi) is 6.63. The number of anilines is 2. The van der Waals surface area contributed by atoms with Gasteiger partial charge < -0.3 is 9.80 Å². The first-order valence-electron chi connectivity index (χ1n) is 10.9. The molecule has 0 saturated carbocycles. The van der Waals surface area contributed by atoms with Crippen molar-refractivity contribution in [3.63, 3.8) is 0 Å². The molecule has 2 aromatic carbocycles. The summed E-state index contributed by atoms with van der Waals surface area (Å²) in [6.07, 6.45) is 2.84. The maximum absolute atomic E-state index is 13.3. The molecule has 2 aliphatic heterocycles. The summed E-state index contributed by atoms with van der Waals surface area (Å²) in [6, 6.07) is 12.1. The van der Waals surface area contributed by atoms with Gasteiger partial charge in [-0.3, -0.25) is 0 Å². The lowest BCUT2D eigenvalue weighted by Gasteiger charge is -2.33. The fourth-order valence-corrected chi connectivity index (χ4v) is 5.55. The lowest BCUT2D eigenvalue weighted by Crippen LogP contribution is -2.30. The van der Waals surface area contributed by atoms with Crippen molar-refractivity contribution in [3.8, 4) is 0 Å². The molecule has 0 amide bonds. The van der Waals surface area contributed by atoms with Crippen molar-refractivity contribution in [1.82, 2.24) is 4.90 Å². The largest absolute Gasteiger partial charge is 0.416 e. The minimum absolute atomic E-state index is 0.575. The zero-order chi connectivity index (χ0) is 21.1. The number of para-hydroxylation sites is 1. The predicted molar refractivity (Wildman–Crippen MR) is 118 cm³/mol. The summed E-state index contributed by atoms with van der Waals surface area (Å²) in [4.78, 5) is 6.49. The Morgan fingerprint density at radius 2 is 1.67 bits per heavy atom. The Morgan fingerprint density at radius 1 is 0.933 bits per heavy atom. The molecule has 162 valence electrons. The first-order chi connectivity index (χ1) is 14.4. The lowest BCUT2D eigenvalue weighted by atomic mass is 9.91. The number of unbranched alkanes of at least 4 members (excludes halogenated alkanes) is 2. The number of rotatable bonds is 6. The number of nitrogens with zero attached hydrogens (tertiary/aromatic N) is 2. The van der Waals surface area contributed by atoms with Gasteiger partial charge in [0.2, 0.25) is 0 Å². The third kappa shape index (κ3) is 4.97. The van der Waals surface area contributed by atoms with Crippen LogP contribution in [0, 0.1) is 5.92 Å². The van der Waals surface area contributed by atoms with E-state index < -0.39 is 11.7 Å². The average molecular weight is 435 g/mol. The highest BCUT2D eigenvalue weighted by Crippen LogP contribution is 2.49. The number of piperidine rings is 1. The highest BCUT2D eigenvalue weighted by atomic mass is 32.2. The van der Waals surface area contributed by atoms with Crippen LogP contribution in [0.1, 0.15) is 44.1 Å². The van der Waals surface area contributed by atoms with Crippen molar-refractivity contribution in [1.29, 1.82) is 0 Å². The molecule has 2 heterocycles. The second-order valence-corrected chi connectivity index (χ2v) is 9.58. The zero-order valence-corrected chi connectivity index (χ0v) is 18.2. The van der Waals surface area contributed by atoms with Crippen LogP contribution in [0.15, 0.2) is 52.3 Å². The van der Waals surface area contributed by atoms with Gasteiger partial charge in [-0.15, -0.1) is 0 Å². The van der Waals surface area contributed by atoms with Crippen molar-refractivity contribution < 1.29 is 13.2 Å². The molecule has 0 N–H and O–H groups in total. The lowest BCUT2D eigenvalue weighted by molar-refractivity contribution is -0.137. The van der Waals surface area contributed by atoms with Gasteiger partial charge in [-0.1, -0.05) is 43.2 Å². The van der Waals surface area contributed by atoms with E-state index in [1.54, 1.807) is 17.8 Å². The highest BCUT2D eigenvalue weighted by Gasteiger charge is 2.33. The Balaban J connectivity index is 1.42. The normalized spacial score (nSPS) is 17.7. The Bertz CT molecular complexity index is 860. The topological polar surface area (TPSA) is 6.48 Å². The maximum atomic E-state index is 13.3. The molecule has 4 rings (SSSR count). The van der Waals surface area contributed by atoms with Gasteiger partial charge in [-0.25, -0.2) is 0 Å².